The third-order valence-corrected chi connectivity index (χ3v) is 2.45. The summed E-state index contributed by atoms with van der Waals surface area (Å²) in [6, 6.07) is 0. The third kappa shape index (κ3) is 3.91. The number of hydrogen-bond donors (Lipinski definition) is 0. The van der Waals surface area contributed by atoms with Crippen LogP contribution in [0.5, 0.6) is 0 Å². The van der Waals surface area contributed by atoms with Crippen molar-refractivity contribution in [3.05, 3.63) is 12.7 Å². The highest BCUT2D eigenvalue weighted by Gasteiger charge is 2.08. The molecule has 1 nitrogen and oxygen atoms in total. The summed E-state index contributed by atoms with van der Waals surface area (Å²) in [6.45, 7) is 4.71. The average Bonchev–Trinajstić information content (AvgIpc) is 2.19. The van der Waals surface area contributed by atoms with Gasteiger partial charge in [0.1, 0.15) is 0 Å². The molecule has 0 aromatic heterocycles. The van der Waals surface area contributed by atoms with Crippen LogP contribution in [0, 0.1) is 0 Å². The molecule has 0 aromatic carbocycles. The molecule has 0 aromatic rings. The second-order valence-electron chi connectivity index (χ2n) is 3.57. The first kappa shape index (κ1) is 9.79. The largest absolute Gasteiger partial charge is 0.378 e. The van der Waals surface area contributed by atoms with E-state index in [2.05, 4.69) is 6.58 Å². The van der Waals surface area contributed by atoms with Crippen molar-refractivity contribution in [1.82, 2.24) is 0 Å². The molecule has 0 N–H and O–H groups in total. The van der Waals surface area contributed by atoms with E-state index in [4.69, 9.17) is 4.74 Å². The zero-order chi connectivity index (χ0) is 8.65. The molecular weight excluding hydrogens is 148 g/mol. The molecule has 1 saturated heterocycles. The van der Waals surface area contributed by atoms with Gasteiger partial charge in [-0.1, -0.05) is 31.8 Å². The smallest absolute Gasteiger partial charge is 0.0609 e. The van der Waals surface area contributed by atoms with Crippen molar-refractivity contribution in [3.8, 4) is 0 Å². The topological polar surface area (TPSA) is 9.23 Å². The van der Waals surface area contributed by atoms with Gasteiger partial charge in [-0.05, 0) is 19.3 Å². The molecule has 1 fully saturated rings. The van der Waals surface area contributed by atoms with E-state index < -0.39 is 0 Å². The Bertz CT molecular complexity index is 110. The molecule has 1 rings (SSSR count). The molecule has 0 amide bonds. The molecule has 12 heavy (non-hydrogen) atoms. The minimum atomic E-state index is 0.459. The molecule has 0 radical (unpaired) electrons. The predicted molar refractivity (Wildman–Crippen MR) is 52.3 cm³/mol. The van der Waals surface area contributed by atoms with Gasteiger partial charge in [0.2, 0.25) is 0 Å². The van der Waals surface area contributed by atoms with E-state index in [-0.39, 0.29) is 0 Å². The maximum atomic E-state index is 5.73. The number of rotatable bonds is 2. The minimum Gasteiger partial charge on any atom is -0.378 e. The monoisotopic (exact) mass is 168 g/mol. The molecule has 1 heteroatoms. The lowest BCUT2D eigenvalue weighted by Gasteiger charge is -2.14. The Kier molecular flexibility index (Phi) is 5.09. The van der Waals surface area contributed by atoms with Crippen molar-refractivity contribution in [1.29, 1.82) is 0 Å². The van der Waals surface area contributed by atoms with Crippen molar-refractivity contribution in [3.63, 3.8) is 0 Å². The molecule has 1 unspecified atom stereocenters. The summed E-state index contributed by atoms with van der Waals surface area (Å²) in [5, 5.41) is 0. The molecular formula is C11H20O. The predicted octanol–water partition coefficient (Wildman–Crippen LogP) is 3.30. The lowest BCUT2D eigenvalue weighted by molar-refractivity contribution is 0.0492. The Balaban J connectivity index is 2.23. The summed E-state index contributed by atoms with van der Waals surface area (Å²) in [4.78, 5) is 0. The average molecular weight is 168 g/mol. The Morgan fingerprint density at radius 1 is 1.17 bits per heavy atom. The molecule has 1 aliphatic rings. The molecule has 0 spiro atoms. The SMILES string of the molecule is C=CCC1CCCCCCCO1. The van der Waals surface area contributed by atoms with Crippen LogP contribution in [0.15, 0.2) is 12.7 Å². The van der Waals surface area contributed by atoms with Crippen molar-refractivity contribution in [2.24, 2.45) is 0 Å². The summed E-state index contributed by atoms with van der Waals surface area (Å²) in [7, 11) is 0. The molecule has 1 aliphatic heterocycles. The van der Waals surface area contributed by atoms with Crippen LogP contribution in [-0.2, 0) is 4.74 Å². The summed E-state index contributed by atoms with van der Waals surface area (Å²) in [5.74, 6) is 0. The lowest BCUT2D eigenvalue weighted by atomic mass is 10.1. The third-order valence-electron chi connectivity index (χ3n) is 2.45. The Morgan fingerprint density at radius 2 is 1.92 bits per heavy atom. The van der Waals surface area contributed by atoms with Crippen LogP contribution in [0.1, 0.15) is 44.9 Å². The second-order valence-corrected chi connectivity index (χ2v) is 3.57. The van der Waals surface area contributed by atoms with Crippen LogP contribution in [0.3, 0.4) is 0 Å². The van der Waals surface area contributed by atoms with Gasteiger partial charge >= 0.3 is 0 Å². The van der Waals surface area contributed by atoms with Crippen LogP contribution in [0.2, 0.25) is 0 Å². The molecule has 0 aliphatic carbocycles. The molecule has 0 bridgehead atoms. The van der Waals surface area contributed by atoms with Crippen molar-refractivity contribution < 1.29 is 4.74 Å². The lowest BCUT2D eigenvalue weighted by Crippen LogP contribution is -2.11. The van der Waals surface area contributed by atoms with Gasteiger partial charge < -0.3 is 4.74 Å². The van der Waals surface area contributed by atoms with Gasteiger partial charge in [-0.3, -0.25) is 0 Å². The van der Waals surface area contributed by atoms with Gasteiger partial charge in [-0.15, -0.1) is 6.58 Å². The first-order valence-corrected chi connectivity index (χ1v) is 5.16. The highest BCUT2D eigenvalue weighted by atomic mass is 16.5. The first-order chi connectivity index (χ1) is 5.93. The Morgan fingerprint density at radius 3 is 2.75 bits per heavy atom. The summed E-state index contributed by atoms with van der Waals surface area (Å²) in [6.07, 6.45) is 11.4. The zero-order valence-electron chi connectivity index (χ0n) is 7.93. The fourth-order valence-corrected chi connectivity index (χ4v) is 1.71. The van der Waals surface area contributed by atoms with Crippen molar-refractivity contribution in [2.75, 3.05) is 6.61 Å². The van der Waals surface area contributed by atoms with E-state index in [1.54, 1.807) is 0 Å². The standard InChI is InChI=1S/C11H20O/c1-2-8-11-9-6-4-3-5-7-10-12-11/h2,11H,1,3-10H2. The van der Waals surface area contributed by atoms with Gasteiger partial charge in [-0.2, -0.15) is 0 Å². The van der Waals surface area contributed by atoms with Crippen LogP contribution in [0.25, 0.3) is 0 Å². The van der Waals surface area contributed by atoms with Crippen LogP contribution in [0.4, 0.5) is 0 Å². The molecule has 70 valence electrons. The second kappa shape index (κ2) is 6.24. The summed E-state index contributed by atoms with van der Waals surface area (Å²) >= 11 is 0. The first-order valence-electron chi connectivity index (χ1n) is 5.16. The fraction of sp³-hybridized carbons (Fsp3) is 0.818. The molecule has 0 saturated carbocycles. The minimum absolute atomic E-state index is 0.459. The fourth-order valence-electron chi connectivity index (χ4n) is 1.71. The normalized spacial score (nSPS) is 26.8. The van der Waals surface area contributed by atoms with E-state index >= 15 is 0 Å². The van der Waals surface area contributed by atoms with Gasteiger partial charge in [0.15, 0.2) is 0 Å². The number of hydrogen-bond acceptors (Lipinski definition) is 1. The number of ether oxygens (including phenoxy) is 1. The van der Waals surface area contributed by atoms with E-state index in [9.17, 15) is 0 Å². The molecule has 1 heterocycles. The van der Waals surface area contributed by atoms with E-state index in [1.807, 2.05) is 6.08 Å². The van der Waals surface area contributed by atoms with Gasteiger partial charge in [0, 0.05) is 6.61 Å². The molecule has 1 atom stereocenters. The Hall–Kier alpha value is -0.300. The van der Waals surface area contributed by atoms with E-state index in [0.717, 1.165) is 13.0 Å². The highest BCUT2D eigenvalue weighted by Crippen LogP contribution is 2.15. The van der Waals surface area contributed by atoms with Crippen LogP contribution < -0.4 is 0 Å². The van der Waals surface area contributed by atoms with Gasteiger partial charge in [-0.25, -0.2) is 0 Å². The zero-order valence-corrected chi connectivity index (χ0v) is 7.93. The quantitative estimate of drug-likeness (QED) is 0.575. The maximum absolute atomic E-state index is 5.73. The van der Waals surface area contributed by atoms with Crippen LogP contribution >= 0.6 is 0 Å². The van der Waals surface area contributed by atoms with E-state index in [1.165, 1.54) is 38.5 Å². The van der Waals surface area contributed by atoms with Gasteiger partial charge in [0.25, 0.3) is 0 Å². The van der Waals surface area contributed by atoms with Crippen LogP contribution in [-0.4, -0.2) is 12.7 Å². The summed E-state index contributed by atoms with van der Waals surface area (Å²) < 4.78 is 5.73. The van der Waals surface area contributed by atoms with Gasteiger partial charge in [0.05, 0.1) is 6.10 Å². The Labute approximate surface area is 75.8 Å². The van der Waals surface area contributed by atoms with E-state index in [0.29, 0.717) is 6.10 Å². The van der Waals surface area contributed by atoms with Crippen molar-refractivity contribution in [2.45, 2.75) is 51.0 Å². The van der Waals surface area contributed by atoms with Crippen molar-refractivity contribution >= 4 is 0 Å². The highest BCUT2D eigenvalue weighted by molar-refractivity contribution is 4.74. The maximum Gasteiger partial charge on any atom is 0.0609 e. The summed E-state index contributed by atoms with van der Waals surface area (Å²) in [5.41, 5.74) is 0.